The Morgan fingerprint density at radius 3 is 2.29 bits per heavy atom. The van der Waals surface area contributed by atoms with Gasteiger partial charge in [0.25, 0.3) is 0 Å². The predicted molar refractivity (Wildman–Crippen MR) is 154 cm³/mol. The Hall–Kier alpha value is -2.65. The maximum absolute atomic E-state index is 12.7. The highest BCUT2D eigenvalue weighted by Gasteiger charge is 2.55. The van der Waals surface area contributed by atoms with Crippen LogP contribution in [0.4, 0.5) is 10.5 Å². The van der Waals surface area contributed by atoms with Gasteiger partial charge in [-0.1, -0.05) is 17.3 Å². The van der Waals surface area contributed by atoms with E-state index in [4.69, 9.17) is 19.0 Å². The first-order chi connectivity index (χ1) is 19.4. The summed E-state index contributed by atoms with van der Waals surface area (Å²) in [6.07, 6.45) is 7.58. The monoisotopic (exact) mass is 564 g/mol. The molecule has 3 heterocycles. The Morgan fingerprint density at radius 2 is 1.71 bits per heavy atom. The van der Waals surface area contributed by atoms with Crippen LogP contribution in [0.25, 0.3) is 11.4 Å². The van der Waals surface area contributed by atoms with Crippen molar-refractivity contribution in [2.24, 2.45) is 17.8 Å². The number of carboxylic acid groups (broad SMARTS) is 1. The van der Waals surface area contributed by atoms with Crippen molar-refractivity contribution < 1.29 is 23.9 Å². The zero-order valence-electron chi connectivity index (χ0n) is 25.1. The Kier molecular flexibility index (Phi) is 6.09. The number of hydrogen-bond acceptors (Lipinski definition) is 7. The van der Waals surface area contributed by atoms with Crippen LogP contribution in [-0.4, -0.2) is 69.4 Å². The third-order valence-electron chi connectivity index (χ3n) is 10.5. The number of amides is 1. The molecule has 1 amide bonds. The van der Waals surface area contributed by atoms with E-state index in [9.17, 15) is 9.90 Å². The van der Waals surface area contributed by atoms with E-state index in [0.717, 1.165) is 47.9 Å². The van der Waals surface area contributed by atoms with Gasteiger partial charge in [0.2, 0.25) is 11.7 Å². The van der Waals surface area contributed by atoms with Gasteiger partial charge in [-0.05, 0) is 109 Å². The molecule has 1 saturated heterocycles. The van der Waals surface area contributed by atoms with E-state index >= 15 is 0 Å². The summed E-state index contributed by atoms with van der Waals surface area (Å²) in [6, 6.07) is 6.27. The molecule has 222 valence electrons. The summed E-state index contributed by atoms with van der Waals surface area (Å²) in [5.74, 6) is 3.21. The average Bonchev–Trinajstić information content (AvgIpc) is 3.52. The first-order valence-corrected chi connectivity index (χ1v) is 15.4. The van der Waals surface area contributed by atoms with Crippen LogP contribution < -0.4 is 4.90 Å². The van der Waals surface area contributed by atoms with Crippen molar-refractivity contribution in [2.45, 2.75) is 102 Å². The van der Waals surface area contributed by atoms with Crippen molar-refractivity contribution in [3.05, 3.63) is 29.7 Å². The lowest BCUT2D eigenvalue weighted by atomic mass is 9.49. The Balaban J connectivity index is 1.19. The highest BCUT2D eigenvalue weighted by molar-refractivity contribution is 5.73. The number of carbonyl (C=O) groups is 1. The number of rotatable bonds is 5. The lowest BCUT2D eigenvalue weighted by Crippen LogP contribution is -2.70. The van der Waals surface area contributed by atoms with E-state index < -0.39 is 23.0 Å². The van der Waals surface area contributed by atoms with Crippen LogP contribution in [0.3, 0.4) is 0 Å². The van der Waals surface area contributed by atoms with Crippen LogP contribution in [0.2, 0.25) is 0 Å². The smallest absolute Gasteiger partial charge is 0.408 e. The molecule has 0 atom stereocenters. The zero-order valence-corrected chi connectivity index (χ0v) is 25.1. The maximum atomic E-state index is 12.7. The molecule has 1 N–H and O–H groups in total. The third-order valence-corrected chi connectivity index (χ3v) is 10.5. The molecule has 41 heavy (non-hydrogen) atoms. The van der Waals surface area contributed by atoms with E-state index in [2.05, 4.69) is 28.3 Å². The summed E-state index contributed by atoms with van der Waals surface area (Å²) < 4.78 is 18.3. The molecule has 4 aliphatic carbocycles. The third kappa shape index (κ3) is 4.54. The number of anilines is 1. The molecule has 5 fully saturated rings. The average molecular weight is 565 g/mol. The molecule has 9 heteroatoms. The maximum Gasteiger partial charge on any atom is 0.408 e. The van der Waals surface area contributed by atoms with Gasteiger partial charge in [0.1, 0.15) is 5.54 Å². The SMILES string of the molecule is CC1(C)OCC(CN2CCc3c(-c4noc(C56CC7CC(CC(C7)C5)C6)n4)cccc32)(N(C(=O)O)C(C)(C)C)CO1. The van der Waals surface area contributed by atoms with Crippen molar-refractivity contribution in [1.29, 1.82) is 0 Å². The predicted octanol–water partition coefficient (Wildman–Crippen LogP) is 5.87. The van der Waals surface area contributed by atoms with Crippen molar-refractivity contribution in [3.63, 3.8) is 0 Å². The number of aromatic nitrogens is 2. The van der Waals surface area contributed by atoms with Crippen LogP contribution in [-0.2, 0) is 21.3 Å². The van der Waals surface area contributed by atoms with Crippen LogP contribution >= 0.6 is 0 Å². The van der Waals surface area contributed by atoms with E-state index in [1.54, 1.807) is 0 Å². The second-order valence-corrected chi connectivity index (χ2v) is 15.1. The van der Waals surface area contributed by atoms with E-state index in [0.29, 0.717) is 12.4 Å². The molecule has 8 rings (SSSR count). The largest absolute Gasteiger partial charge is 0.465 e. The van der Waals surface area contributed by atoms with Crippen LogP contribution in [0.15, 0.2) is 22.7 Å². The normalized spacial score (nSPS) is 31.3. The topological polar surface area (TPSA) is 101 Å². The van der Waals surface area contributed by atoms with Gasteiger partial charge < -0.3 is 24.0 Å². The Bertz CT molecular complexity index is 1300. The van der Waals surface area contributed by atoms with Gasteiger partial charge in [-0.2, -0.15) is 4.98 Å². The van der Waals surface area contributed by atoms with Gasteiger partial charge in [0, 0.05) is 29.9 Å². The first-order valence-electron chi connectivity index (χ1n) is 15.4. The molecular formula is C32H44N4O5. The molecule has 6 aliphatic rings. The fourth-order valence-electron chi connectivity index (χ4n) is 9.34. The fraction of sp³-hybridized carbons (Fsp3) is 0.719. The summed E-state index contributed by atoms with van der Waals surface area (Å²) >= 11 is 0. The van der Waals surface area contributed by atoms with Crippen molar-refractivity contribution in [1.82, 2.24) is 15.0 Å². The quantitative estimate of drug-likeness (QED) is 0.481. The van der Waals surface area contributed by atoms with Gasteiger partial charge in [0.05, 0.1) is 18.6 Å². The molecule has 4 saturated carbocycles. The van der Waals surface area contributed by atoms with Gasteiger partial charge in [-0.25, -0.2) is 4.79 Å². The van der Waals surface area contributed by atoms with E-state index in [1.807, 2.05) is 34.6 Å². The molecule has 4 bridgehead atoms. The molecule has 2 aliphatic heterocycles. The van der Waals surface area contributed by atoms with Crippen LogP contribution in [0.5, 0.6) is 0 Å². The number of fused-ring (bicyclic) bond motifs is 1. The van der Waals surface area contributed by atoms with Crippen molar-refractivity contribution in [3.8, 4) is 11.4 Å². The van der Waals surface area contributed by atoms with Gasteiger partial charge in [0.15, 0.2) is 5.79 Å². The molecule has 1 aromatic carbocycles. The lowest BCUT2D eigenvalue weighted by Gasteiger charge is -2.55. The minimum absolute atomic E-state index is 0.0678. The standard InChI is InChI=1S/C32H44N4O5/c1-29(2,3)36(28(37)38)32(18-39-30(4,5)40-19-32)17-35-10-9-23-24(7-6-8-25(23)35)26-33-27(41-34-26)31-14-20-11-21(15-31)13-22(12-20)16-31/h6-8,20-22H,9-19H2,1-5H3,(H,37,38). The molecule has 2 aromatic rings. The summed E-state index contributed by atoms with van der Waals surface area (Å²) in [4.78, 5) is 21.6. The van der Waals surface area contributed by atoms with Gasteiger partial charge >= 0.3 is 6.09 Å². The minimum atomic E-state index is -0.971. The summed E-state index contributed by atoms with van der Waals surface area (Å²) in [6.45, 7) is 11.3. The zero-order chi connectivity index (χ0) is 28.8. The number of nitrogens with zero attached hydrogens (tertiary/aromatic N) is 4. The number of ether oxygens (including phenoxy) is 2. The summed E-state index contributed by atoms with van der Waals surface area (Å²) in [7, 11) is 0. The minimum Gasteiger partial charge on any atom is -0.465 e. The second kappa shape index (κ2) is 9.17. The van der Waals surface area contributed by atoms with Crippen LogP contribution in [0.1, 0.15) is 84.6 Å². The molecule has 1 aromatic heterocycles. The molecular weight excluding hydrogens is 520 g/mol. The highest BCUT2D eigenvalue weighted by Crippen LogP contribution is 2.60. The van der Waals surface area contributed by atoms with Crippen molar-refractivity contribution >= 4 is 11.8 Å². The molecule has 0 unspecified atom stereocenters. The first kappa shape index (κ1) is 27.2. The summed E-state index contributed by atoms with van der Waals surface area (Å²) in [5.41, 5.74) is 1.86. The second-order valence-electron chi connectivity index (χ2n) is 15.1. The van der Waals surface area contributed by atoms with Gasteiger partial charge in [-0.3, -0.25) is 4.90 Å². The van der Waals surface area contributed by atoms with Crippen LogP contribution in [0, 0.1) is 17.8 Å². The molecule has 9 nitrogen and oxygen atoms in total. The van der Waals surface area contributed by atoms with Gasteiger partial charge in [-0.15, -0.1) is 0 Å². The number of hydrogen-bond donors (Lipinski definition) is 1. The highest BCUT2D eigenvalue weighted by atomic mass is 16.7. The fourth-order valence-corrected chi connectivity index (χ4v) is 9.34. The van der Waals surface area contributed by atoms with E-state index in [1.165, 1.54) is 49.0 Å². The Labute approximate surface area is 242 Å². The summed E-state index contributed by atoms with van der Waals surface area (Å²) in [5, 5.41) is 14.9. The molecule has 0 radical (unpaired) electrons. The van der Waals surface area contributed by atoms with Crippen molar-refractivity contribution in [2.75, 3.05) is 31.2 Å². The molecule has 0 spiro atoms. The van der Waals surface area contributed by atoms with E-state index in [-0.39, 0.29) is 18.6 Å². The Morgan fingerprint density at radius 1 is 1.07 bits per heavy atom. The lowest BCUT2D eigenvalue weighted by molar-refractivity contribution is -0.287. The number of benzene rings is 1.